The van der Waals surface area contributed by atoms with Crippen molar-refractivity contribution in [3.63, 3.8) is 0 Å². The monoisotopic (exact) mass is 214 g/mol. The summed E-state index contributed by atoms with van der Waals surface area (Å²) in [5, 5.41) is 0. The molecular formula is C12H26N2O. The molecule has 15 heavy (non-hydrogen) atoms. The van der Waals surface area contributed by atoms with E-state index in [0.717, 1.165) is 38.9 Å². The number of rotatable bonds is 9. The highest BCUT2D eigenvalue weighted by Crippen LogP contribution is 2.06. The van der Waals surface area contributed by atoms with Gasteiger partial charge in [-0.1, -0.05) is 20.3 Å². The van der Waals surface area contributed by atoms with Crippen molar-refractivity contribution in [1.82, 2.24) is 4.90 Å². The first kappa shape index (κ1) is 14.6. The highest BCUT2D eigenvalue weighted by Gasteiger charge is 2.06. The molecule has 2 N–H and O–H groups in total. The number of Topliss-reactive ketones (excluding diaryl/α,β-unsaturated/α-hetero) is 1. The van der Waals surface area contributed by atoms with Crippen molar-refractivity contribution in [1.29, 1.82) is 0 Å². The summed E-state index contributed by atoms with van der Waals surface area (Å²) in [4.78, 5) is 13.6. The molecule has 0 aliphatic rings. The van der Waals surface area contributed by atoms with E-state index in [9.17, 15) is 4.79 Å². The van der Waals surface area contributed by atoms with Crippen LogP contribution in [0.5, 0.6) is 0 Å². The summed E-state index contributed by atoms with van der Waals surface area (Å²) in [6.07, 6.45) is 4.10. The molecule has 0 rings (SSSR count). The molecule has 0 amide bonds. The van der Waals surface area contributed by atoms with E-state index >= 15 is 0 Å². The van der Waals surface area contributed by atoms with E-state index in [2.05, 4.69) is 11.9 Å². The highest BCUT2D eigenvalue weighted by molar-refractivity contribution is 5.80. The van der Waals surface area contributed by atoms with Crippen LogP contribution in [0.15, 0.2) is 0 Å². The molecule has 0 spiro atoms. The average molecular weight is 214 g/mol. The van der Waals surface area contributed by atoms with Crippen LogP contribution in [0.1, 0.15) is 39.5 Å². The minimum atomic E-state index is 0.199. The van der Waals surface area contributed by atoms with Gasteiger partial charge in [0.2, 0.25) is 0 Å². The van der Waals surface area contributed by atoms with Gasteiger partial charge in [-0.15, -0.1) is 0 Å². The summed E-state index contributed by atoms with van der Waals surface area (Å²) < 4.78 is 0. The van der Waals surface area contributed by atoms with Crippen LogP contribution < -0.4 is 5.73 Å². The van der Waals surface area contributed by atoms with Gasteiger partial charge in [-0.25, -0.2) is 0 Å². The Morgan fingerprint density at radius 1 is 1.20 bits per heavy atom. The molecule has 0 unspecified atom stereocenters. The predicted octanol–water partition coefficient (Wildman–Crippen LogP) is 1.66. The first-order valence-corrected chi connectivity index (χ1v) is 5.99. The summed E-state index contributed by atoms with van der Waals surface area (Å²) in [5.74, 6) is 0.593. The van der Waals surface area contributed by atoms with Gasteiger partial charge in [-0.05, 0) is 26.4 Å². The van der Waals surface area contributed by atoms with E-state index in [1.54, 1.807) is 0 Å². The third kappa shape index (κ3) is 8.58. The Hall–Kier alpha value is -0.410. The fourth-order valence-corrected chi connectivity index (χ4v) is 1.48. The van der Waals surface area contributed by atoms with Gasteiger partial charge >= 0.3 is 0 Å². The van der Waals surface area contributed by atoms with Crippen LogP contribution in [0.3, 0.4) is 0 Å². The molecule has 0 radical (unpaired) electrons. The molecule has 0 saturated carbocycles. The van der Waals surface area contributed by atoms with Gasteiger partial charge < -0.3 is 10.6 Å². The quantitative estimate of drug-likeness (QED) is 0.594. The van der Waals surface area contributed by atoms with Crippen molar-refractivity contribution in [2.24, 2.45) is 11.7 Å². The summed E-state index contributed by atoms with van der Waals surface area (Å²) >= 11 is 0. The number of unbranched alkanes of at least 4 members (excludes halogenated alkanes) is 2. The maximum atomic E-state index is 11.3. The molecule has 3 heteroatoms. The third-order valence-electron chi connectivity index (χ3n) is 2.62. The maximum absolute atomic E-state index is 11.3. The normalized spacial score (nSPS) is 11.3. The maximum Gasteiger partial charge on any atom is 0.135 e. The second kappa shape index (κ2) is 8.86. The molecule has 0 heterocycles. The molecule has 0 aromatic carbocycles. The molecule has 0 aliphatic heterocycles. The van der Waals surface area contributed by atoms with Gasteiger partial charge in [0.05, 0.1) is 0 Å². The van der Waals surface area contributed by atoms with Gasteiger partial charge in [-0.2, -0.15) is 0 Å². The number of nitrogens with zero attached hydrogens (tertiary/aromatic N) is 1. The molecule has 0 saturated heterocycles. The first-order valence-electron chi connectivity index (χ1n) is 5.99. The van der Waals surface area contributed by atoms with Gasteiger partial charge in [0.1, 0.15) is 5.78 Å². The number of carbonyl (C=O) groups is 1. The van der Waals surface area contributed by atoms with Crippen LogP contribution in [0.2, 0.25) is 0 Å². The number of ketones is 1. The van der Waals surface area contributed by atoms with Gasteiger partial charge in [0.15, 0.2) is 0 Å². The second-order valence-corrected chi connectivity index (χ2v) is 4.52. The molecule has 0 aromatic rings. The molecule has 0 aromatic heterocycles. The SMILES string of the molecule is CC(C)C(=O)CCCCCN(C)CCN. The lowest BCUT2D eigenvalue weighted by atomic mass is 10.0. The number of hydrogen-bond donors (Lipinski definition) is 1. The standard InChI is InChI=1S/C12H26N2O/c1-11(2)12(15)7-5-4-6-9-14(3)10-8-13/h11H,4-10,13H2,1-3H3. The average Bonchev–Trinajstić information content (AvgIpc) is 2.17. The topological polar surface area (TPSA) is 46.3 Å². The Kier molecular flexibility index (Phi) is 8.62. The molecule has 3 nitrogen and oxygen atoms in total. The summed E-state index contributed by atoms with van der Waals surface area (Å²) in [5.41, 5.74) is 5.45. The number of carbonyl (C=O) groups excluding carboxylic acids is 1. The van der Waals surface area contributed by atoms with E-state index in [4.69, 9.17) is 5.73 Å². The molecule has 0 fully saturated rings. The van der Waals surface area contributed by atoms with E-state index in [1.165, 1.54) is 6.42 Å². The van der Waals surface area contributed by atoms with Crippen molar-refractivity contribution < 1.29 is 4.79 Å². The van der Waals surface area contributed by atoms with Gasteiger partial charge in [0.25, 0.3) is 0 Å². The Morgan fingerprint density at radius 2 is 1.87 bits per heavy atom. The molecule has 0 bridgehead atoms. The fraction of sp³-hybridized carbons (Fsp3) is 0.917. The Balaban J connectivity index is 3.28. The van der Waals surface area contributed by atoms with E-state index in [1.807, 2.05) is 13.8 Å². The van der Waals surface area contributed by atoms with Crippen molar-refractivity contribution in [3.05, 3.63) is 0 Å². The lowest BCUT2D eigenvalue weighted by Gasteiger charge is -2.14. The molecule has 0 atom stereocenters. The van der Waals surface area contributed by atoms with Crippen LogP contribution in [0.25, 0.3) is 0 Å². The number of nitrogens with two attached hydrogens (primary N) is 1. The first-order chi connectivity index (χ1) is 7.07. The highest BCUT2D eigenvalue weighted by atomic mass is 16.1. The smallest absolute Gasteiger partial charge is 0.135 e. The van der Waals surface area contributed by atoms with E-state index < -0.39 is 0 Å². The van der Waals surface area contributed by atoms with E-state index in [0.29, 0.717) is 5.78 Å². The number of likely N-dealkylation sites (N-methyl/N-ethyl adjacent to an activating group) is 1. The third-order valence-corrected chi connectivity index (χ3v) is 2.62. The lowest BCUT2D eigenvalue weighted by Crippen LogP contribution is -2.26. The van der Waals surface area contributed by atoms with Crippen LogP contribution in [-0.2, 0) is 4.79 Å². The van der Waals surface area contributed by atoms with Crippen molar-refractivity contribution in [3.8, 4) is 0 Å². The van der Waals surface area contributed by atoms with Crippen LogP contribution >= 0.6 is 0 Å². The van der Waals surface area contributed by atoms with Crippen LogP contribution in [0.4, 0.5) is 0 Å². The number of hydrogen-bond acceptors (Lipinski definition) is 3. The van der Waals surface area contributed by atoms with Gasteiger partial charge in [0, 0.05) is 25.4 Å². The minimum absolute atomic E-state index is 0.199. The minimum Gasteiger partial charge on any atom is -0.329 e. The second-order valence-electron chi connectivity index (χ2n) is 4.52. The Morgan fingerprint density at radius 3 is 2.40 bits per heavy atom. The van der Waals surface area contributed by atoms with Crippen LogP contribution in [0, 0.1) is 5.92 Å². The largest absolute Gasteiger partial charge is 0.329 e. The molecular weight excluding hydrogens is 188 g/mol. The summed E-state index contributed by atoms with van der Waals surface area (Å²) in [6.45, 7) is 6.72. The molecule has 0 aliphatic carbocycles. The molecule has 90 valence electrons. The van der Waals surface area contributed by atoms with Crippen molar-refractivity contribution in [2.45, 2.75) is 39.5 Å². The zero-order valence-corrected chi connectivity index (χ0v) is 10.5. The van der Waals surface area contributed by atoms with E-state index in [-0.39, 0.29) is 5.92 Å². The van der Waals surface area contributed by atoms with Crippen LogP contribution in [-0.4, -0.2) is 37.4 Å². The van der Waals surface area contributed by atoms with Crippen molar-refractivity contribution >= 4 is 5.78 Å². The summed E-state index contributed by atoms with van der Waals surface area (Å²) in [6, 6.07) is 0. The zero-order chi connectivity index (χ0) is 11.7. The Labute approximate surface area is 94.0 Å². The fourth-order valence-electron chi connectivity index (χ4n) is 1.48. The predicted molar refractivity (Wildman–Crippen MR) is 64.9 cm³/mol. The van der Waals surface area contributed by atoms with Crippen molar-refractivity contribution in [2.75, 3.05) is 26.7 Å². The summed E-state index contributed by atoms with van der Waals surface area (Å²) in [7, 11) is 2.09. The zero-order valence-electron chi connectivity index (χ0n) is 10.5. The van der Waals surface area contributed by atoms with Gasteiger partial charge in [-0.3, -0.25) is 4.79 Å². The Bertz CT molecular complexity index is 169. The lowest BCUT2D eigenvalue weighted by molar-refractivity contribution is -0.122.